The number of nitrogens with one attached hydrogen (secondary N) is 3. The van der Waals surface area contributed by atoms with Gasteiger partial charge in [0.05, 0.1) is 30.5 Å². The third-order valence-corrected chi connectivity index (χ3v) is 7.88. The van der Waals surface area contributed by atoms with E-state index in [9.17, 15) is 14.7 Å². The number of nitrogens with zero attached hydrogens (tertiary/aromatic N) is 6. The fraction of sp³-hybridized carbons (Fsp3) is 0.231. The van der Waals surface area contributed by atoms with E-state index in [0.29, 0.717) is 38.8 Å². The van der Waals surface area contributed by atoms with Crippen LogP contribution in [0.4, 0.5) is 11.4 Å². The van der Waals surface area contributed by atoms with Gasteiger partial charge >= 0.3 is 0 Å². The van der Waals surface area contributed by atoms with Crippen LogP contribution in [0.1, 0.15) is 23.6 Å². The van der Waals surface area contributed by atoms with Gasteiger partial charge in [-0.1, -0.05) is 38.6 Å². The molecule has 17 heteroatoms. The van der Waals surface area contributed by atoms with E-state index in [1.54, 1.807) is 57.8 Å². The fourth-order valence-electron chi connectivity index (χ4n) is 3.82. The Labute approximate surface area is 266 Å². The van der Waals surface area contributed by atoms with Crippen LogP contribution in [-0.4, -0.2) is 58.9 Å². The summed E-state index contributed by atoms with van der Waals surface area (Å²) in [7, 11) is 1.36. The lowest BCUT2D eigenvalue weighted by Gasteiger charge is -2.19. The molecular weight excluding hydrogens is 716 g/mol. The molecule has 226 valence electrons. The van der Waals surface area contributed by atoms with Crippen molar-refractivity contribution in [3.8, 4) is 11.3 Å². The number of hydrogen-bond acceptors (Lipinski definition) is 12. The van der Waals surface area contributed by atoms with Crippen LogP contribution in [0.5, 0.6) is 0 Å². The van der Waals surface area contributed by atoms with Crippen molar-refractivity contribution in [2.45, 2.75) is 18.9 Å². The maximum absolute atomic E-state index is 13.1. The molecule has 2 atom stereocenters. The zero-order chi connectivity index (χ0) is 30.8. The molecule has 2 heterocycles. The predicted molar refractivity (Wildman–Crippen MR) is 169 cm³/mol. The van der Waals surface area contributed by atoms with E-state index in [0.717, 1.165) is 0 Å². The highest BCUT2D eigenvalue weighted by Gasteiger charge is 2.23. The van der Waals surface area contributed by atoms with Gasteiger partial charge in [-0.15, -0.1) is 10.2 Å². The van der Waals surface area contributed by atoms with Crippen LogP contribution in [0.25, 0.3) is 17.3 Å². The molecule has 2 amide bonds. The maximum atomic E-state index is 13.1. The van der Waals surface area contributed by atoms with Crippen LogP contribution in [0.15, 0.2) is 68.3 Å². The molecule has 43 heavy (non-hydrogen) atoms. The standard InChI is InChI=1S/C26H26Cl2IN9O5/c1-43-26(42)31-18-6-2-15(3-7-18)20-13-19(25(28)34-33-20)21(14-24(41)30-10-11-39)32-23(40)9-4-16-12-17(27)5-8-22(16)38-29-35-36-37-38/h2-9,12-13,21,26,31,39,42H,10-11,14H2,1H3,(H,30,41)(H,32,40)/b9-4+. The Hall–Kier alpha value is -3.61. The number of halogens is 3. The van der Waals surface area contributed by atoms with E-state index < -0.39 is 45.6 Å². The van der Waals surface area contributed by atoms with Gasteiger partial charge in [-0.25, -0.2) is 0 Å². The van der Waals surface area contributed by atoms with E-state index in [4.69, 9.17) is 33.0 Å². The molecule has 2 aromatic carbocycles. The lowest BCUT2D eigenvalue weighted by atomic mass is 10.0. The number of aliphatic hydroxyl groups is 2. The number of methoxy groups -OCH3 is 1. The van der Waals surface area contributed by atoms with Crippen LogP contribution in [0, 0.1) is 0 Å². The topological polar surface area (TPSA) is 186 Å². The Bertz CT molecular complexity index is 1530. The molecule has 1 aliphatic rings. The Morgan fingerprint density at radius 2 is 1.93 bits per heavy atom. The second-order valence-electron chi connectivity index (χ2n) is 8.75. The first-order chi connectivity index (χ1) is 20.8. The number of hydrogen-bond donors (Lipinski definition) is 5. The number of carbonyl (C=O) groups is 2. The van der Waals surface area contributed by atoms with Crippen molar-refractivity contribution in [1.82, 2.24) is 20.8 Å². The molecule has 0 radical (unpaired) electrons. The van der Waals surface area contributed by atoms with Crippen LogP contribution in [0.3, 0.4) is 0 Å². The Morgan fingerprint density at radius 1 is 1.14 bits per heavy atom. The van der Waals surface area contributed by atoms with Crippen molar-refractivity contribution in [2.75, 3.05) is 28.8 Å². The highest BCUT2D eigenvalue weighted by Crippen LogP contribution is 2.34. The fourth-order valence-corrected chi connectivity index (χ4v) is 5.42. The minimum absolute atomic E-state index is 0.00121. The van der Waals surface area contributed by atoms with Crippen molar-refractivity contribution in [2.24, 2.45) is 13.7 Å². The van der Waals surface area contributed by atoms with Crippen LogP contribution in [-0.2, 0) is 14.3 Å². The van der Waals surface area contributed by atoms with Gasteiger partial charge in [-0.2, -0.15) is 3.22 Å². The highest BCUT2D eigenvalue weighted by atomic mass is 127. The largest absolute Gasteiger partial charge is 0.395 e. The molecule has 2 unspecified atom stereocenters. The minimum atomic E-state index is -1.17. The number of aromatic nitrogens is 2. The van der Waals surface area contributed by atoms with Crippen molar-refractivity contribution in [3.05, 3.63) is 75.9 Å². The van der Waals surface area contributed by atoms with Crippen molar-refractivity contribution < 1.29 is 24.5 Å². The summed E-state index contributed by atoms with van der Waals surface area (Å²) in [5.41, 5.74) is 3.37. The Kier molecular flexibility index (Phi) is 11.8. The van der Waals surface area contributed by atoms with Crippen molar-refractivity contribution >= 4 is 73.8 Å². The molecule has 0 fully saturated rings. The number of rotatable bonds is 13. The summed E-state index contributed by atoms with van der Waals surface area (Å²) in [6.45, 7) is -0.195. The van der Waals surface area contributed by atoms with E-state index in [1.165, 1.54) is 13.2 Å². The average molecular weight is 742 g/mol. The monoisotopic (exact) mass is 741 g/mol. The third-order valence-electron chi connectivity index (χ3n) is 5.85. The molecule has 0 saturated carbocycles. The van der Waals surface area contributed by atoms with Crippen LogP contribution >= 0.6 is 44.5 Å². The Balaban J connectivity index is 1.59. The van der Waals surface area contributed by atoms with Crippen LogP contribution in [0.2, 0.25) is 10.2 Å². The first kappa shape index (κ1) is 32.3. The van der Waals surface area contributed by atoms with Crippen molar-refractivity contribution in [3.63, 3.8) is 0 Å². The average Bonchev–Trinajstić information content (AvgIpc) is 3.54. The molecule has 5 N–H and O–H groups in total. The molecule has 1 aromatic heterocycles. The van der Waals surface area contributed by atoms with Gasteiger partial charge < -0.3 is 30.9 Å². The molecule has 4 rings (SSSR count). The summed E-state index contributed by atoms with van der Waals surface area (Å²) >= 11 is 11.8. The van der Waals surface area contributed by atoms with Gasteiger partial charge in [0.25, 0.3) is 0 Å². The molecule has 3 aromatic rings. The second-order valence-corrected chi connectivity index (χ2v) is 11.3. The van der Waals surface area contributed by atoms with Gasteiger partial charge in [-0.05, 0) is 52.9 Å². The number of anilines is 2. The van der Waals surface area contributed by atoms with E-state index in [1.807, 2.05) is 0 Å². The molecule has 0 bridgehead atoms. The minimum Gasteiger partial charge on any atom is -0.395 e. The molecule has 1 aliphatic heterocycles. The van der Waals surface area contributed by atoms with Crippen molar-refractivity contribution in [1.29, 1.82) is 0 Å². The number of ether oxygens (including phenoxy) is 1. The summed E-state index contributed by atoms with van der Waals surface area (Å²) in [4.78, 5) is 25.8. The lowest BCUT2D eigenvalue weighted by molar-refractivity contribution is -0.122. The normalized spacial score (nSPS) is 13.9. The SMILES string of the molecule is COC(O)Nc1ccc(-c2cc(C(CC(=O)NCCO)NC(=O)/C=C/c3cc(Cl)ccc3N3N=NN=I3)c(Cl)nn2)cc1. The van der Waals surface area contributed by atoms with E-state index in [-0.39, 0.29) is 24.7 Å². The van der Waals surface area contributed by atoms with Gasteiger partial charge in [0.15, 0.2) is 26.5 Å². The number of benzene rings is 2. The summed E-state index contributed by atoms with van der Waals surface area (Å²) < 4.78 is 10.4. The lowest BCUT2D eigenvalue weighted by Crippen LogP contribution is -2.34. The zero-order valence-electron chi connectivity index (χ0n) is 22.5. The molecule has 0 saturated heterocycles. The second kappa shape index (κ2) is 15.7. The van der Waals surface area contributed by atoms with E-state index in [2.05, 4.69) is 39.8 Å². The maximum Gasteiger partial charge on any atom is 0.244 e. The molecular formula is C26H26Cl2IN9O5. The van der Waals surface area contributed by atoms with E-state index >= 15 is 0 Å². The number of carbonyl (C=O) groups excluding carboxylic acids is 2. The van der Waals surface area contributed by atoms with Crippen LogP contribution < -0.4 is 19.2 Å². The first-order valence-electron chi connectivity index (χ1n) is 12.6. The zero-order valence-corrected chi connectivity index (χ0v) is 26.2. The summed E-state index contributed by atoms with van der Waals surface area (Å²) in [6.07, 6.45) is 1.52. The molecule has 14 nitrogen and oxygen atoms in total. The smallest absolute Gasteiger partial charge is 0.244 e. The summed E-state index contributed by atoms with van der Waals surface area (Å²) in [6, 6.07) is 12.8. The number of amides is 2. The van der Waals surface area contributed by atoms with Gasteiger partial charge in [-0.3, -0.25) is 9.59 Å². The third kappa shape index (κ3) is 9.19. The summed E-state index contributed by atoms with van der Waals surface area (Å²) in [5, 5.41) is 43.2. The quantitative estimate of drug-likeness (QED) is 0.0736. The summed E-state index contributed by atoms with van der Waals surface area (Å²) in [5.74, 6) is -0.941. The molecule has 0 aliphatic carbocycles. The number of aliphatic hydroxyl groups excluding tert-OH is 2. The highest BCUT2D eigenvalue weighted by molar-refractivity contribution is 14.2. The van der Waals surface area contributed by atoms with Gasteiger partial charge in [0.1, 0.15) is 0 Å². The first-order valence-corrected chi connectivity index (χ1v) is 15.3. The van der Waals surface area contributed by atoms with Gasteiger partial charge in [0.2, 0.25) is 18.2 Å². The predicted octanol–water partition coefficient (Wildman–Crippen LogP) is 4.33. The Morgan fingerprint density at radius 3 is 2.63 bits per heavy atom. The van der Waals surface area contributed by atoms with Gasteiger partial charge in [0, 0.05) is 47.1 Å². The molecule has 0 spiro atoms.